The Kier molecular flexibility index (Phi) is 4.61. The van der Waals surface area contributed by atoms with Crippen LogP contribution in [-0.4, -0.2) is 28.3 Å². The van der Waals surface area contributed by atoms with Gasteiger partial charge in [0.05, 0.1) is 31.0 Å². The Morgan fingerprint density at radius 1 is 1.28 bits per heavy atom. The van der Waals surface area contributed by atoms with Crippen LogP contribution in [0.25, 0.3) is 0 Å². The summed E-state index contributed by atoms with van der Waals surface area (Å²) in [4.78, 5) is 26.0. The maximum atomic E-state index is 12.5. The van der Waals surface area contributed by atoms with Crippen LogP contribution in [0.3, 0.4) is 0 Å². The van der Waals surface area contributed by atoms with E-state index in [1.807, 2.05) is 6.92 Å². The number of aliphatic hydroxyl groups is 1. The summed E-state index contributed by atoms with van der Waals surface area (Å²) in [6, 6.07) is 9.94. The first kappa shape index (κ1) is 16.8. The van der Waals surface area contributed by atoms with Crippen LogP contribution in [-0.2, 0) is 16.1 Å². The molecule has 6 heteroatoms. The molecule has 0 radical (unpaired) electrons. The molecular weight excluding hydrogens is 322 g/mol. The normalized spacial score (nSPS) is 17.3. The molecular formula is C19H19NO5. The molecule has 2 aromatic rings. The van der Waals surface area contributed by atoms with Gasteiger partial charge in [-0.05, 0) is 43.7 Å². The van der Waals surface area contributed by atoms with E-state index in [4.69, 9.17) is 9.15 Å². The molecule has 1 amide bonds. The molecule has 130 valence electrons. The van der Waals surface area contributed by atoms with Crippen LogP contribution in [0, 0.1) is 0 Å². The molecule has 0 aliphatic carbocycles. The van der Waals surface area contributed by atoms with E-state index >= 15 is 0 Å². The van der Waals surface area contributed by atoms with Crippen LogP contribution >= 0.6 is 0 Å². The number of amides is 1. The first-order chi connectivity index (χ1) is 12.0. The predicted octanol–water partition coefficient (Wildman–Crippen LogP) is 3.16. The first-order valence-electron chi connectivity index (χ1n) is 8.03. The largest absolute Gasteiger partial charge is 0.503 e. The number of furan rings is 1. The molecule has 0 saturated carbocycles. The van der Waals surface area contributed by atoms with Crippen molar-refractivity contribution in [1.82, 2.24) is 4.90 Å². The van der Waals surface area contributed by atoms with Crippen LogP contribution in [0.2, 0.25) is 0 Å². The van der Waals surface area contributed by atoms with Crippen molar-refractivity contribution in [3.05, 3.63) is 65.3 Å². The molecule has 1 atom stereocenters. The van der Waals surface area contributed by atoms with E-state index in [0.717, 1.165) is 5.56 Å². The molecule has 25 heavy (non-hydrogen) atoms. The highest BCUT2D eigenvalue weighted by atomic mass is 16.5. The fourth-order valence-electron chi connectivity index (χ4n) is 3.01. The monoisotopic (exact) mass is 341 g/mol. The highest BCUT2D eigenvalue weighted by Gasteiger charge is 2.42. The number of carbonyl (C=O) groups is 2. The van der Waals surface area contributed by atoms with Crippen molar-refractivity contribution >= 4 is 11.7 Å². The van der Waals surface area contributed by atoms with Gasteiger partial charge in [-0.15, -0.1) is 0 Å². The zero-order chi connectivity index (χ0) is 18.0. The lowest BCUT2D eigenvalue weighted by molar-refractivity contribution is -0.130. The Bertz CT molecular complexity index is 805. The Balaban J connectivity index is 1.99. The Labute approximate surface area is 145 Å². The molecule has 0 fully saturated rings. The number of ether oxygens (including phenoxy) is 1. The highest BCUT2D eigenvalue weighted by Crippen LogP contribution is 2.39. The fourth-order valence-corrected chi connectivity index (χ4v) is 3.01. The van der Waals surface area contributed by atoms with Gasteiger partial charge < -0.3 is 19.2 Å². The van der Waals surface area contributed by atoms with Crippen molar-refractivity contribution in [2.24, 2.45) is 0 Å². The second-order valence-corrected chi connectivity index (χ2v) is 5.74. The molecule has 0 spiro atoms. The van der Waals surface area contributed by atoms with E-state index in [1.54, 1.807) is 36.4 Å². The van der Waals surface area contributed by atoms with E-state index in [1.165, 1.54) is 18.1 Å². The number of aliphatic hydroxyl groups excluding tert-OH is 1. The van der Waals surface area contributed by atoms with Gasteiger partial charge in [0.1, 0.15) is 11.5 Å². The predicted molar refractivity (Wildman–Crippen MR) is 89.9 cm³/mol. The van der Waals surface area contributed by atoms with Crippen molar-refractivity contribution in [1.29, 1.82) is 0 Å². The maximum Gasteiger partial charge on any atom is 0.290 e. The molecule has 3 rings (SSSR count). The molecule has 0 unspecified atom stereocenters. The third-order valence-corrected chi connectivity index (χ3v) is 4.10. The Morgan fingerprint density at radius 2 is 2.00 bits per heavy atom. The minimum atomic E-state index is -0.661. The summed E-state index contributed by atoms with van der Waals surface area (Å²) in [7, 11) is 0. The first-order valence-corrected chi connectivity index (χ1v) is 8.03. The number of benzene rings is 1. The van der Waals surface area contributed by atoms with Gasteiger partial charge in [-0.2, -0.15) is 0 Å². The third-order valence-electron chi connectivity index (χ3n) is 4.10. The minimum absolute atomic E-state index is 0.0979. The molecule has 1 aromatic heterocycles. The van der Waals surface area contributed by atoms with Gasteiger partial charge in [-0.1, -0.05) is 12.1 Å². The standard InChI is InChI=1S/C19H19NO5/c1-3-24-14-8-6-13(7-9-14)17-16(12(2)21)18(22)19(23)20(17)11-15-5-4-10-25-15/h4-10,17,22H,3,11H2,1-2H3/t17-/m1/s1. The van der Waals surface area contributed by atoms with E-state index < -0.39 is 17.7 Å². The van der Waals surface area contributed by atoms with E-state index in [9.17, 15) is 14.7 Å². The summed E-state index contributed by atoms with van der Waals surface area (Å²) in [6.07, 6.45) is 1.51. The number of ketones is 1. The lowest BCUT2D eigenvalue weighted by Gasteiger charge is -2.25. The Morgan fingerprint density at radius 3 is 2.56 bits per heavy atom. The molecule has 1 aliphatic heterocycles. The SMILES string of the molecule is CCOc1ccc([C@@H]2C(C(C)=O)=C(O)C(=O)N2Cc2ccco2)cc1. The van der Waals surface area contributed by atoms with E-state index in [2.05, 4.69) is 0 Å². The Hall–Kier alpha value is -3.02. The van der Waals surface area contributed by atoms with Crippen LogP contribution < -0.4 is 4.74 Å². The number of nitrogens with zero attached hydrogens (tertiary/aromatic N) is 1. The summed E-state index contributed by atoms with van der Waals surface area (Å²) >= 11 is 0. The fraction of sp³-hybridized carbons (Fsp3) is 0.263. The summed E-state index contributed by atoms with van der Waals surface area (Å²) in [5, 5.41) is 10.2. The zero-order valence-corrected chi connectivity index (χ0v) is 14.1. The molecule has 1 aromatic carbocycles. The van der Waals surface area contributed by atoms with Gasteiger partial charge in [-0.3, -0.25) is 9.59 Å². The summed E-state index contributed by atoms with van der Waals surface area (Å²) in [5.74, 6) is -0.155. The van der Waals surface area contributed by atoms with E-state index in [0.29, 0.717) is 18.1 Å². The molecule has 2 heterocycles. The number of hydrogen-bond donors (Lipinski definition) is 1. The zero-order valence-electron chi connectivity index (χ0n) is 14.1. The lowest BCUT2D eigenvalue weighted by atomic mass is 9.96. The van der Waals surface area contributed by atoms with Gasteiger partial charge >= 0.3 is 0 Å². The van der Waals surface area contributed by atoms with Crippen molar-refractivity contribution < 1.29 is 23.8 Å². The van der Waals surface area contributed by atoms with Crippen molar-refractivity contribution in [3.8, 4) is 5.75 Å². The quantitative estimate of drug-likeness (QED) is 0.873. The maximum absolute atomic E-state index is 12.5. The van der Waals surface area contributed by atoms with Crippen molar-refractivity contribution in [3.63, 3.8) is 0 Å². The number of rotatable bonds is 6. The smallest absolute Gasteiger partial charge is 0.290 e. The summed E-state index contributed by atoms with van der Waals surface area (Å²) < 4.78 is 10.7. The molecule has 6 nitrogen and oxygen atoms in total. The van der Waals surface area contributed by atoms with Gasteiger partial charge in [0.15, 0.2) is 11.5 Å². The summed E-state index contributed by atoms with van der Waals surface area (Å²) in [6.45, 7) is 3.94. The second kappa shape index (κ2) is 6.84. The highest BCUT2D eigenvalue weighted by molar-refractivity contribution is 6.08. The number of hydrogen-bond acceptors (Lipinski definition) is 5. The topological polar surface area (TPSA) is 80.0 Å². The van der Waals surface area contributed by atoms with Crippen molar-refractivity contribution in [2.75, 3.05) is 6.61 Å². The molecule has 1 N–H and O–H groups in total. The van der Waals surface area contributed by atoms with Crippen LogP contribution in [0.4, 0.5) is 0 Å². The molecule has 0 bridgehead atoms. The summed E-state index contributed by atoms with van der Waals surface area (Å²) in [5.41, 5.74) is 0.818. The molecule has 1 aliphatic rings. The van der Waals surface area contributed by atoms with Crippen LogP contribution in [0.5, 0.6) is 5.75 Å². The van der Waals surface area contributed by atoms with Gasteiger partial charge in [0.25, 0.3) is 5.91 Å². The number of Topliss-reactive ketones (excluding diaryl/α,β-unsaturated/α-hetero) is 1. The third kappa shape index (κ3) is 3.15. The molecule has 0 saturated heterocycles. The number of carbonyl (C=O) groups excluding carboxylic acids is 2. The van der Waals surface area contributed by atoms with E-state index in [-0.39, 0.29) is 17.9 Å². The van der Waals surface area contributed by atoms with Crippen molar-refractivity contribution in [2.45, 2.75) is 26.4 Å². The van der Waals surface area contributed by atoms with Crippen LogP contribution in [0.15, 0.2) is 58.4 Å². The average molecular weight is 341 g/mol. The van der Waals surface area contributed by atoms with Gasteiger partial charge in [-0.25, -0.2) is 0 Å². The second-order valence-electron chi connectivity index (χ2n) is 5.74. The van der Waals surface area contributed by atoms with Crippen LogP contribution in [0.1, 0.15) is 31.2 Å². The van der Waals surface area contributed by atoms with Gasteiger partial charge in [0.2, 0.25) is 0 Å². The lowest BCUT2D eigenvalue weighted by Crippen LogP contribution is -2.30. The van der Waals surface area contributed by atoms with Gasteiger partial charge in [0, 0.05) is 0 Å². The minimum Gasteiger partial charge on any atom is -0.503 e. The average Bonchev–Trinajstić information content (AvgIpc) is 3.18.